The van der Waals surface area contributed by atoms with Crippen LogP contribution >= 0.6 is 11.6 Å². The lowest BCUT2D eigenvalue weighted by atomic mass is 9.63. The smallest absolute Gasteiger partial charge is 0.410 e. The Balaban J connectivity index is 1.19. The Bertz CT molecular complexity index is 1410. The number of cyclic esters (lactones) is 1. The minimum Gasteiger partial charge on any atom is -0.447 e. The van der Waals surface area contributed by atoms with Gasteiger partial charge in [0.05, 0.1) is 11.5 Å². The summed E-state index contributed by atoms with van der Waals surface area (Å²) in [5, 5.41) is 3.78. The zero-order chi connectivity index (χ0) is 32.5. The van der Waals surface area contributed by atoms with Crippen molar-refractivity contribution >= 4 is 29.5 Å². The molecule has 0 radical (unpaired) electrons. The minimum atomic E-state index is -0.715. The van der Waals surface area contributed by atoms with Crippen LogP contribution in [0, 0.1) is 17.3 Å². The largest absolute Gasteiger partial charge is 0.447 e. The molecule has 4 aliphatic rings. The Kier molecular flexibility index (Phi) is 9.68. The van der Waals surface area contributed by atoms with E-state index in [1.165, 1.54) is 24.8 Å². The molecule has 2 aromatic carbocycles. The maximum absolute atomic E-state index is 14.3. The average Bonchev–Trinajstić information content (AvgIpc) is 3.32. The molecule has 2 aliphatic carbocycles. The molecule has 6 rings (SSSR count). The molecule has 3 fully saturated rings. The molecule has 0 aromatic heterocycles. The second kappa shape index (κ2) is 13.6. The van der Waals surface area contributed by atoms with E-state index in [1.54, 1.807) is 0 Å². The number of ether oxygens (including phenoxy) is 1. The molecule has 3 amide bonds. The first-order valence-electron chi connectivity index (χ1n) is 17.2. The zero-order valence-corrected chi connectivity index (χ0v) is 28.1. The lowest BCUT2D eigenvalue weighted by Crippen LogP contribution is -2.58. The lowest BCUT2D eigenvalue weighted by molar-refractivity contribution is -0.140. The Labute approximate surface area is 278 Å². The van der Waals surface area contributed by atoms with Gasteiger partial charge in [-0.3, -0.25) is 14.5 Å². The van der Waals surface area contributed by atoms with Gasteiger partial charge >= 0.3 is 6.09 Å². The highest BCUT2D eigenvalue weighted by atomic mass is 35.5. The second-order valence-corrected chi connectivity index (χ2v) is 15.2. The summed E-state index contributed by atoms with van der Waals surface area (Å²) in [6.45, 7) is 6.42. The van der Waals surface area contributed by atoms with Crippen LogP contribution < -0.4 is 11.1 Å². The van der Waals surface area contributed by atoms with Crippen LogP contribution in [0.4, 0.5) is 4.79 Å². The number of nitrogens with zero attached hydrogens (tertiary/aromatic N) is 2. The lowest BCUT2D eigenvalue weighted by Gasteiger charge is -2.51. The van der Waals surface area contributed by atoms with Crippen molar-refractivity contribution in [3.8, 4) is 0 Å². The number of nitrogens with two attached hydrogens (primary N) is 1. The summed E-state index contributed by atoms with van der Waals surface area (Å²) in [5.41, 5.74) is 9.37. The normalized spacial score (nSPS) is 25.0. The Morgan fingerprint density at radius 3 is 2.39 bits per heavy atom. The summed E-state index contributed by atoms with van der Waals surface area (Å²) < 4.78 is 5.49. The maximum atomic E-state index is 14.3. The Morgan fingerprint density at radius 2 is 1.72 bits per heavy atom. The number of hydrogen-bond donors (Lipinski definition) is 2. The SMILES string of the molecule is CC1(C)COC(=O)N1CC1(C2CCCCC2)CCN(C(=O)[C@@H](Cc2ccc(Cl)cc2)NC(=O)[C@@H]2CCc3ccccc3[C@@H]2N)CC1. The van der Waals surface area contributed by atoms with Crippen LogP contribution in [0.15, 0.2) is 48.5 Å². The van der Waals surface area contributed by atoms with Crippen LogP contribution in [0.25, 0.3) is 0 Å². The molecule has 3 N–H and O–H groups in total. The summed E-state index contributed by atoms with van der Waals surface area (Å²) in [4.78, 5) is 44.9. The predicted octanol–water partition coefficient (Wildman–Crippen LogP) is 6.05. The van der Waals surface area contributed by atoms with Crippen LogP contribution in [0.1, 0.15) is 87.9 Å². The molecule has 0 spiro atoms. The van der Waals surface area contributed by atoms with Crippen molar-refractivity contribution in [2.24, 2.45) is 23.0 Å². The van der Waals surface area contributed by atoms with Gasteiger partial charge in [-0.25, -0.2) is 4.79 Å². The molecule has 46 heavy (non-hydrogen) atoms. The highest BCUT2D eigenvalue weighted by Gasteiger charge is 2.49. The topological polar surface area (TPSA) is 105 Å². The number of fused-ring (bicyclic) bond motifs is 1. The van der Waals surface area contributed by atoms with Crippen molar-refractivity contribution in [2.75, 3.05) is 26.2 Å². The van der Waals surface area contributed by atoms with Crippen LogP contribution in [-0.4, -0.2) is 65.5 Å². The number of carbonyl (C=O) groups excluding carboxylic acids is 3. The number of amides is 3. The summed E-state index contributed by atoms with van der Waals surface area (Å²) >= 11 is 6.16. The van der Waals surface area contributed by atoms with Crippen LogP contribution in [-0.2, 0) is 27.2 Å². The summed E-state index contributed by atoms with van der Waals surface area (Å²) in [7, 11) is 0. The van der Waals surface area contributed by atoms with E-state index in [0.717, 1.165) is 43.2 Å². The molecule has 248 valence electrons. The second-order valence-electron chi connectivity index (χ2n) is 14.7. The van der Waals surface area contributed by atoms with Gasteiger partial charge in [-0.1, -0.05) is 67.3 Å². The minimum absolute atomic E-state index is 0.0605. The van der Waals surface area contributed by atoms with Gasteiger partial charge in [0.25, 0.3) is 0 Å². The molecule has 2 heterocycles. The van der Waals surface area contributed by atoms with Crippen LogP contribution in [0.5, 0.6) is 0 Å². The molecule has 0 unspecified atom stereocenters. The third-order valence-electron chi connectivity index (χ3n) is 11.4. The Hall–Kier alpha value is -3.10. The van der Waals surface area contributed by atoms with E-state index in [-0.39, 0.29) is 28.9 Å². The maximum Gasteiger partial charge on any atom is 0.410 e. The van der Waals surface area contributed by atoms with Gasteiger partial charge < -0.3 is 20.7 Å². The van der Waals surface area contributed by atoms with Crippen molar-refractivity contribution in [3.63, 3.8) is 0 Å². The molecule has 2 saturated heterocycles. The highest BCUT2D eigenvalue weighted by molar-refractivity contribution is 6.30. The molecule has 9 heteroatoms. The fourth-order valence-electron chi connectivity index (χ4n) is 8.46. The highest BCUT2D eigenvalue weighted by Crippen LogP contribution is 2.48. The standard InChI is InChI=1S/C37H49ClN4O4/c1-36(2)24-46-35(45)42(36)23-37(27-9-4-3-5-10-27)18-20-41(21-19-37)34(44)31(22-25-12-15-28(38)16-13-25)40-33(43)30-17-14-26-8-6-7-11-29(26)32(30)39/h6-8,11-13,15-16,27,30-32H,3-5,9-10,14,17-24,39H2,1-2H3,(H,40,43)/t30-,31-,32+/m1/s1. The number of benzene rings is 2. The van der Waals surface area contributed by atoms with Gasteiger partial charge in [0.1, 0.15) is 12.6 Å². The van der Waals surface area contributed by atoms with E-state index in [4.69, 9.17) is 22.1 Å². The van der Waals surface area contributed by atoms with Crippen LogP contribution in [0.3, 0.4) is 0 Å². The molecular weight excluding hydrogens is 600 g/mol. The van der Waals surface area contributed by atoms with E-state index in [2.05, 4.69) is 25.2 Å². The molecule has 2 aromatic rings. The third kappa shape index (κ3) is 6.79. The number of halogens is 1. The summed E-state index contributed by atoms with van der Waals surface area (Å²) in [6, 6.07) is 14.4. The van der Waals surface area contributed by atoms with Crippen molar-refractivity contribution in [1.82, 2.24) is 15.1 Å². The van der Waals surface area contributed by atoms with Gasteiger partial charge in [0.15, 0.2) is 0 Å². The zero-order valence-electron chi connectivity index (χ0n) is 27.3. The van der Waals surface area contributed by atoms with E-state index < -0.39 is 18.0 Å². The van der Waals surface area contributed by atoms with Gasteiger partial charge in [0.2, 0.25) is 11.8 Å². The van der Waals surface area contributed by atoms with Gasteiger partial charge in [-0.05, 0) is 92.5 Å². The molecule has 2 aliphatic heterocycles. The number of carbonyl (C=O) groups is 3. The first-order valence-corrected chi connectivity index (χ1v) is 17.6. The van der Waals surface area contributed by atoms with Gasteiger partial charge in [-0.15, -0.1) is 0 Å². The van der Waals surface area contributed by atoms with Gasteiger partial charge in [-0.2, -0.15) is 0 Å². The predicted molar refractivity (Wildman–Crippen MR) is 179 cm³/mol. The molecule has 3 atom stereocenters. The third-order valence-corrected chi connectivity index (χ3v) is 11.6. The van der Waals surface area contributed by atoms with E-state index >= 15 is 0 Å². The number of aryl methyl sites for hydroxylation is 1. The van der Waals surface area contributed by atoms with Crippen molar-refractivity contribution < 1.29 is 19.1 Å². The number of rotatable bonds is 8. The van der Waals surface area contributed by atoms with Crippen LogP contribution in [0.2, 0.25) is 5.02 Å². The fourth-order valence-corrected chi connectivity index (χ4v) is 8.59. The van der Waals surface area contributed by atoms with E-state index in [1.807, 2.05) is 52.3 Å². The number of nitrogens with one attached hydrogen (secondary N) is 1. The van der Waals surface area contributed by atoms with E-state index in [0.29, 0.717) is 50.0 Å². The van der Waals surface area contributed by atoms with Crippen molar-refractivity contribution in [1.29, 1.82) is 0 Å². The number of hydrogen-bond acceptors (Lipinski definition) is 5. The van der Waals surface area contributed by atoms with Crippen molar-refractivity contribution in [2.45, 2.75) is 95.7 Å². The van der Waals surface area contributed by atoms with Gasteiger partial charge in [0, 0.05) is 37.1 Å². The summed E-state index contributed by atoms with van der Waals surface area (Å²) in [5.74, 6) is -0.119. The summed E-state index contributed by atoms with van der Waals surface area (Å²) in [6.07, 6.45) is 9.25. The first-order chi connectivity index (χ1) is 22.1. The molecular formula is C37H49ClN4O4. The molecule has 1 saturated carbocycles. The molecule has 8 nitrogen and oxygen atoms in total. The number of piperidine rings is 1. The molecule has 0 bridgehead atoms. The van der Waals surface area contributed by atoms with E-state index in [9.17, 15) is 14.4 Å². The Morgan fingerprint density at radius 1 is 1.02 bits per heavy atom. The monoisotopic (exact) mass is 648 g/mol. The quantitative estimate of drug-likeness (QED) is 0.363. The van der Waals surface area contributed by atoms with Crippen molar-refractivity contribution in [3.05, 3.63) is 70.2 Å². The number of likely N-dealkylation sites (tertiary alicyclic amines) is 1. The average molecular weight is 649 g/mol. The first kappa shape index (κ1) is 32.8. The fraction of sp³-hybridized carbons (Fsp3) is 0.595.